The van der Waals surface area contributed by atoms with Crippen molar-refractivity contribution in [3.63, 3.8) is 0 Å². The summed E-state index contributed by atoms with van der Waals surface area (Å²) in [6, 6.07) is 14.8. The predicted octanol–water partition coefficient (Wildman–Crippen LogP) is 5.78. The van der Waals surface area contributed by atoms with Gasteiger partial charge in [0, 0.05) is 24.0 Å². The van der Waals surface area contributed by atoms with Crippen LogP contribution in [0.5, 0.6) is 0 Å². The molecule has 0 atom stereocenters. The Balaban J connectivity index is 0.00000156. The Morgan fingerprint density at radius 2 is 1.78 bits per heavy atom. The number of carbonyl (C=O) groups is 1. The minimum absolute atomic E-state index is 0.0673. The highest BCUT2D eigenvalue weighted by Crippen LogP contribution is 2.35. The van der Waals surface area contributed by atoms with Crippen LogP contribution in [0.4, 0.5) is 18.9 Å². The average Bonchev–Trinajstić information content (AvgIpc) is 3.60. The summed E-state index contributed by atoms with van der Waals surface area (Å²) < 4.78 is 44.7. The van der Waals surface area contributed by atoms with Crippen molar-refractivity contribution in [2.45, 2.75) is 20.0 Å². The number of nitrogens with zero attached hydrogens (tertiary/aromatic N) is 6. The van der Waals surface area contributed by atoms with Crippen LogP contribution in [0.15, 0.2) is 79.5 Å². The number of carbonyl (C=O) groups excluding carboxylic acids is 1. The lowest BCUT2D eigenvalue weighted by Gasteiger charge is -2.14. The molecule has 0 radical (unpaired) electrons. The van der Waals surface area contributed by atoms with Gasteiger partial charge in [-0.2, -0.15) is 23.5 Å². The van der Waals surface area contributed by atoms with E-state index >= 15 is 0 Å². The summed E-state index contributed by atoms with van der Waals surface area (Å²) in [5.74, 6) is -0.717. The normalized spacial score (nSPS) is 10.9. The molecular formula is C26H20F3N7O. The van der Waals surface area contributed by atoms with Crippen molar-refractivity contribution >= 4 is 22.5 Å². The molecule has 1 amide bonds. The predicted molar refractivity (Wildman–Crippen MR) is 131 cm³/mol. The van der Waals surface area contributed by atoms with Gasteiger partial charge in [0.2, 0.25) is 0 Å². The molecule has 0 saturated heterocycles. The second-order valence-electron chi connectivity index (χ2n) is 7.42. The lowest BCUT2D eigenvalue weighted by Crippen LogP contribution is -2.21. The molecule has 0 aliphatic rings. The minimum Gasteiger partial charge on any atom is -0.320 e. The van der Waals surface area contributed by atoms with E-state index in [4.69, 9.17) is 0 Å². The van der Waals surface area contributed by atoms with Gasteiger partial charge in [0.25, 0.3) is 5.91 Å². The summed E-state index contributed by atoms with van der Waals surface area (Å²) >= 11 is 0. The summed E-state index contributed by atoms with van der Waals surface area (Å²) in [6.07, 6.45) is 2.15. The quantitative estimate of drug-likeness (QED) is 0.335. The van der Waals surface area contributed by atoms with Gasteiger partial charge in [-0.05, 0) is 42.5 Å². The van der Waals surface area contributed by atoms with E-state index in [1.54, 1.807) is 53.4 Å². The topological polar surface area (TPSA) is 101 Å². The number of benzene rings is 1. The third-order valence-electron chi connectivity index (χ3n) is 5.23. The Bertz CT molecular complexity index is 1590. The van der Waals surface area contributed by atoms with Crippen molar-refractivity contribution in [2.24, 2.45) is 0 Å². The Kier molecular flexibility index (Phi) is 7.01. The number of hydrogen-bond acceptors (Lipinski definition) is 5. The second kappa shape index (κ2) is 10.3. The molecular weight excluding hydrogens is 483 g/mol. The lowest BCUT2D eigenvalue weighted by molar-refractivity contribution is -0.143. The van der Waals surface area contributed by atoms with Crippen molar-refractivity contribution in [3.05, 3.63) is 96.3 Å². The lowest BCUT2D eigenvalue weighted by atomic mass is 10.1. The van der Waals surface area contributed by atoms with Crippen LogP contribution in [0.3, 0.4) is 0 Å². The number of halogens is 3. The third-order valence-corrected chi connectivity index (χ3v) is 5.23. The smallest absolute Gasteiger partial charge is 0.320 e. The zero-order valence-electron chi connectivity index (χ0n) is 19.7. The van der Waals surface area contributed by atoms with Gasteiger partial charge in [-0.1, -0.05) is 19.9 Å². The molecule has 1 aromatic carbocycles. The number of pyridine rings is 2. The third kappa shape index (κ3) is 4.90. The van der Waals surface area contributed by atoms with E-state index in [0.29, 0.717) is 21.4 Å². The first-order chi connectivity index (χ1) is 17.9. The van der Waals surface area contributed by atoms with Crippen LogP contribution < -0.4 is 5.32 Å². The molecule has 11 heteroatoms. The minimum atomic E-state index is -4.89. The van der Waals surface area contributed by atoms with Crippen molar-refractivity contribution < 1.29 is 18.0 Å². The molecule has 0 fully saturated rings. The van der Waals surface area contributed by atoms with Gasteiger partial charge in [-0.3, -0.25) is 9.78 Å². The molecule has 0 unspecified atom stereocenters. The number of rotatable bonds is 4. The molecule has 0 bridgehead atoms. The number of anilines is 1. The molecule has 5 aromatic rings. The Morgan fingerprint density at radius 1 is 1.03 bits per heavy atom. The first kappa shape index (κ1) is 25.1. The molecule has 0 spiro atoms. The highest BCUT2D eigenvalue weighted by Gasteiger charge is 2.41. The zero-order valence-corrected chi connectivity index (χ0v) is 19.7. The maximum atomic E-state index is 14.1. The van der Waals surface area contributed by atoms with Gasteiger partial charge in [0.15, 0.2) is 11.5 Å². The van der Waals surface area contributed by atoms with Gasteiger partial charge >= 0.3 is 6.18 Å². The molecule has 0 aliphatic carbocycles. The molecule has 4 heterocycles. The van der Waals surface area contributed by atoms with Crippen LogP contribution in [0, 0.1) is 11.3 Å². The Hall–Kier alpha value is -4.98. The molecule has 186 valence electrons. The highest BCUT2D eigenvalue weighted by atomic mass is 19.4. The van der Waals surface area contributed by atoms with Crippen LogP contribution >= 0.6 is 0 Å². The van der Waals surface area contributed by atoms with E-state index in [1.807, 2.05) is 19.9 Å². The molecule has 37 heavy (non-hydrogen) atoms. The van der Waals surface area contributed by atoms with Crippen LogP contribution in [0.2, 0.25) is 0 Å². The maximum Gasteiger partial charge on any atom is 0.434 e. The molecule has 1 N–H and O–H groups in total. The number of alkyl halides is 3. The fourth-order valence-electron chi connectivity index (χ4n) is 3.73. The molecule has 5 rings (SSSR count). The van der Waals surface area contributed by atoms with Crippen molar-refractivity contribution in [1.82, 2.24) is 24.3 Å². The first-order valence-corrected chi connectivity index (χ1v) is 11.2. The van der Waals surface area contributed by atoms with E-state index in [0.717, 1.165) is 6.20 Å². The van der Waals surface area contributed by atoms with Crippen molar-refractivity contribution in [1.29, 1.82) is 5.26 Å². The maximum absolute atomic E-state index is 14.1. The molecule has 0 aliphatic heterocycles. The standard InChI is InChI=1S/C24H14F3N7O.C2H6/c25-24(26,27)21-18(14-31-34(21)20-7-3-6-19-17(20)5-4-8-29-19)23(35)32-16-11-15(12-28)22(30-13-16)33-9-1-2-10-33;1-2/h1-11,13-14H,(H,32,35);1-2H3. The van der Waals surface area contributed by atoms with E-state index < -0.39 is 23.3 Å². The summed E-state index contributed by atoms with van der Waals surface area (Å²) in [4.78, 5) is 21.2. The number of aromatic nitrogens is 5. The van der Waals surface area contributed by atoms with E-state index in [2.05, 4.69) is 20.4 Å². The Morgan fingerprint density at radius 3 is 2.49 bits per heavy atom. The number of nitrogens with one attached hydrogen (secondary N) is 1. The zero-order chi connectivity index (χ0) is 26.6. The van der Waals surface area contributed by atoms with Gasteiger partial charge in [0.1, 0.15) is 6.07 Å². The van der Waals surface area contributed by atoms with Gasteiger partial charge in [-0.25, -0.2) is 9.67 Å². The van der Waals surface area contributed by atoms with Crippen molar-refractivity contribution in [2.75, 3.05) is 5.32 Å². The van der Waals surface area contributed by atoms with E-state index in [-0.39, 0.29) is 16.9 Å². The molecule has 8 nitrogen and oxygen atoms in total. The highest BCUT2D eigenvalue weighted by molar-refractivity contribution is 6.05. The largest absolute Gasteiger partial charge is 0.434 e. The Labute approximate surface area is 209 Å². The summed E-state index contributed by atoms with van der Waals surface area (Å²) in [5.41, 5.74) is -1.09. The van der Waals surface area contributed by atoms with Crippen LogP contribution in [0.1, 0.15) is 35.5 Å². The van der Waals surface area contributed by atoms with Crippen molar-refractivity contribution in [3.8, 4) is 17.6 Å². The second-order valence-corrected chi connectivity index (χ2v) is 7.42. The number of hydrogen-bond donors (Lipinski definition) is 1. The summed E-state index contributed by atoms with van der Waals surface area (Å²) in [7, 11) is 0. The van der Waals surface area contributed by atoms with Gasteiger partial charge in [-0.15, -0.1) is 0 Å². The van der Waals surface area contributed by atoms with E-state index in [1.165, 1.54) is 24.5 Å². The monoisotopic (exact) mass is 503 g/mol. The summed E-state index contributed by atoms with van der Waals surface area (Å²) in [6.45, 7) is 4.00. The fourth-order valence-corrected chi connectivity index (χ4v) is 3.73. The van der Waals surface area contributed by atoms with Gasteiger partial charge < -0.3 is 9.88 Å². The molecule has 4 aromatic heterocycles. The van der Waals surface area contributed by atoms with Crippen LogP contribution in [0.25, 0.3) is 22.4 Å². The SMILES string of the molecule is CC.N#Cc1cc(NC(=O)c2cnn(-c3cccc4ncccc34)c2C(F)(F)F)cnc1-n1cccc1. The fraction of sp³-hybridized carbons (Fsp3) is 0.115. The van der Waals surface area contributed by atoms with Crippen LogP contribution in [-0.2, 0) is 6.18 Å². The molecule has 0 saturated carbocycles. The van der Waals surface area contributed by atoms with Gasteiger partial charge in [0.05, 0.1) is 40.4 Å². The number of fused-ring (bicyclic) bond motifs is 1. The van der Waals surface area contributed by atoms with E-state index in [9.17, 15) is 23.2 Å². The number of nitriles is 1. The average molecular weight is 503 g/mol. The van der Waals surface area contributed by atoms with Crippen LogP contribution in [-0.4, -0.2) is 30.2 Å². The summed E-state index contributed by atoms with van der Waals surface area (Å²) in [5, 5.41) is 16.2. The first-order valence-electron chi connectivity index (χ1n) is 11.2. The number of amides is 1.